The molecule has 0 bridgehead atoms. The molecule has 0 aromatic heterocycles. The third-order valence-electron chi connectivity index (χ3n) is 3.93. The monoisotopic (exact) mass is 342 g/mol. The van der Waals surface area contributed by atoms with Crippen molar-refractivity contribution in [2.45, 2.75) is 6.92 Å². The van der Waals surface area contributed by atoms with Gasteiger partial charge in [0.05, 0.1) is 16.1 Å². The zero-order valence-electron chi connectivity index (χ0n) is 13.0. The zero-order chi connectivity index (χ0) is 17.3. The van der Waals surface area contributed by atoms with E-state index in [1.165, 1.54) is 4.90 Å². The Morgan fingerprint density at radius 3 is 2.38 bits per heavy atom. The van der Waals surface area contributed by atoms with Gasteiger partial charge in [0.2, 0.25) is 5.91 Å². The molecule has 1 aliphatic heterocycles. The van der Waals surface area contributed by atoms with Crippen LogP contribution in [-0.2, 0) is 4.79 Å². The molecule has 122 valence electrons. The minimum absolute atomic E-state index is 0.166. The Bertz CT molecular complexity index is 820. The number of rotatable bonds is 4. The largest absolute Gasteiger partial charge is 0.311 e. The molecule has 0 atom stereocenters. The van der Waals surface area contributed by atoms with Gasteiger partial charge in [-0.25, -0.2) is 0 Å². The molecule has 0 radical (unpaired) electrons. The van der Waals surface area contributed by atoms with Crippen LogP contribution in [-0.4, -0.2) is 35.7 Å². The van der Waals surface area contributed by atoms with Crippen LogP contribution in [0.1, 0.15) is 27.6 Å². The van der Waals surface area contributed by atoms with Crippen LogP contribution < -0.4 is 4.90 Å². The third kappa shape index (κ3) is 2.67. The number of benzene rings is 2. The van der Waals surface area contributed by atoms with Crippen LogP contribution in [0.3, 0.4) is 0 Å². The summed E-state index contributed by atoms with van der Waals surface area (Å²) in [6.45, 7) is 1.96. The Hall–Kier alpha value is -2.66. The summed E-state index contributed by atoms with van der Waals surface area (Å²) >= 11 is 6.02. The highest BCUT2D eigenvalue weighted by molar-refractivity contribution is 6.37. The van der Waals surface area contributed by atoms with Gasteiger partial charge in [-0.1, -0.05) is 35.9 Å². The van der Waals surface area contributed by atoms with Crippen molar-refractivity contribution in [3.05, 3.63) is 64.7 Å². The molecule has 1 heterocycles. The number of likely N-dealkylation sites (N-methyl/N-ethyl adjacent to an activating group) is 1. The lowest BCUT2D eigenvalue weighted by molar-refractivity contribution is -0.118. The van der Waals surface area contributed by atoms with E-state index in [1.807, 2.05) is 25.1 Å². The molecular weight excluding hydrogens is 328 g/mol. The summed E-state index contributed by atoms with van der Waals surface area (Å²) in [4.78, 5) is 40.0. The van der Waals surface area contributed by atoms with Gasteiger partial charge in [-0.2, -0.15) is 0 Å². The lowest BCUT2D eigenvalue weighted by atomic mass is 10.1. The maximum absolute atomic E-state index is 12.6. The minimum atomic E-state index is -0.530. The highest BCUT2D eigenvalue weighted by Crippen LogP contribution is 2.29. The van der Waals surface area contributed by atoms with Gasteiger partial charge in [-0.15, -0.1) is 0 Å². The van der Waals surface area contributed by atoms with Crippen LogP contribution in [0.5, 0.6) is 0 Å². The summed E-state index contributed by atoms with van der Waals surface area (Å²) in [5.74, 6) is -1.35. The van der Waals surface area contributed by atoms with E-state index in [1.54, 1.807) is 30.3 Å². The molecule has 0 unspecified atom stereocenters. The van der Waals surface area contributed by atoms with Crippen LogP contribution in [0.25, 0.3) is 0 Å². The van der Waals surface area contributed by atoms with Gasteiger partial charge >= 0.3 is 0 Å². The second-order valence-electron chi connectivity index (χ2n) is 5.33. The highest BCUT2D eigenvalue weighted by Gasteiger charge is 2.38. The fourth-order valence-corrected chi connectivity index (χ4v) is 3.02. The maximum atomic E-state index is 12.6. The van der Waals surface area contributed by atoms with Gasteiger partial charge < -0.3 is 4.90 Å². The molecule has 0 N–H and O–H groups in total. The first kappa shape index (κ1) is 16.2. The number of anilines is 1. The first-order valence-corrected chi connectivity index (χ1v) is 7.92. The minimum Gasteiger partial charge on any atom is -0.311 e. The number of imide groups is 1. The number of halogens is 1. The normalized spacial score (nSPS) is 13.2. The number of hydrogen-bond acceptors (Lipinski definition) is 3. The van der Waals surface area contributed by atoms with E-state index in [-0.39, 0.29) is 28.6 Å². The van der Waals surface area contributed by atoms with Crippen molar-refractivity contribution in [2.24, 2.45) is 0 Å². The summed E-state index contributed by atoms with van der Waals surface area (Å²) in [6, 6.07) is 13.8. The zero-order valence-corrected chi connectivity index (χ0v) is 13.8. The van der Waals surface area contributed by atoms with Gasteiger partial charge in [0.1, 0.15) is 6.54 Å². The van der Waals surface area contributed by atoms with E-state index in [2.05, 4.69) is 0 Å². The molecule has 0 fully saturated rings. The summed E-state index contributed by atoms with van der Waals surface area (Å²) < 4.78 is 0. The first-order valence-electron chi connectivity index (χ1n) is 7.54. The average Bonchev–Trinajstić information content (AvgIpc) is 2.82. The van der Waals surface area contributed by atoms with Crippen molar-refractivity contribution < 1.29 is 14.4 Å². The quantitative estimate of drug-likeness (QED) is 0.803. The van der Waals surface area contributed by atoms with Gasteiger partial charge in [0, 0.05) is 12.2 Å². The average molecular weight is 343 g/mol. The molecule has 6 heteroatoms. The molecule has 0 aliphatic carbocycles. The van der Waals surface area contributed by atoms with E-state index in [4.69, 9.17) is 11.6 Å². The predicted molar refractivity (Wildman–Crippen MR) is 91.3 cm³/mol. The lowest BCUT2D eigenvalue weighted by Gasteiger charge is -2.23. The second-order valence-corrected chi connectivity index (χ2v) is 5.74. The number of nitrogens with zero attached hydrogens (tertiary/aromatic N) is 2. The molecule has 2 aromatic rings. The van der Waals surface area contributed by atoms with Crippen molar-refractivity contribution in [3.63, 3.8) is 0 Å². The standard InChI is InChI=1S/C18H15ClN2O3/c1-2-20(12-7-4-3-5-8-12)15(22)11-21-17(23)13-9-6-10-14(19)16(13)18(21)24/h3-10H,2,11H2,1H3. The van der Waals surface area contributed by atoms with Crippen molar-refractivity contribution in [1.29, 1.82) is 0 Å². The lowest BCUT2D eigenvalue weighted by Crippen LogP contribution is -2.42. The van der Waals surface area contributed by atoms with Gasteiger partial charge in [-0.3, -0.25) is 19.3 Å². The predicted octanol–water partition coefficient (Wildman–Crippen LogP) is 2.99. The third-order valence-corrected chi connectivity index (χ3v) is 4.24. The summed E-state index contributed by atoms with van der Waals surface area (Å²) in [5.41, 5.74) is 1.13. The van der Waals surface area contributed by atoms with Crippen LogP contribution in [0.2, 0.25) is 5.02 Å². The van der Waals surface area contributed by atoms with E-state index in [0.717, 1.165) is 10.6 Å². The summed E-state index contributed by atoms with van der Waals surface area (Å²) in [6.07, 6.45) is 0. The number of amides is 3. The molecular formula is C18H15ClN2O3. The molecule has 5 nitrogen and oxygen atoms in total. The van der Waals surface area contributed by atoms with Crippen molar-refractivity contribution >= 4 is 35.0 Å². The Morgan fingerprint density at radius 1 is 1.04 bits per heavy atom. The van der Waals surface area contributed by atoms with Crippen LogP contribution in [0.4, 0.5) is 5.69 Å². The molecule has 3 amide bonds. The number of hydrogen-bond donors (Lipinski definition) is 0. The smallest absolute Gasteiger partial charge is 0.263 e. The second kappa shape index (κ2) is 6.45. The van der Waals surface area contributed by atoms with Crippen molar-refractivity contribution in [2.75, 3.05) is 18.0 Å². The highest BCUT2D eigenvalue weighted by atomic mass is 35.5. The van der Waals surface area contributed by atoms with E-state index in [0.29, 0.717) is 6.54 Å². The molecule has 2 aromatic carbocycles. The Morgan fingerprint density at radius 2 is 1.75 bits per heavy atom. The number of para-hydroxylation sites is 1. The Kier molecular flexibility index (Phi) is 4.36. The van der Waals surface area contributed by atoms with Gasteiger partial charge in [0.25, 0.3) is 11.8 Å². The molecule has 0 saturated carbocycles. The summed E-state index contributed by atoms with van der Waals surface area (Å²) in [5, 5.41) is 0.219. The summed E-state index contributed by atoms with van der Waals surface area (Å²) in [7, 11) is 0. The van der Waals surface area contributed by atoms with E-state index >= 15 is 0 Å². The van der Waals surface area contributed by atoms with Crippen LogP contribution in [0.15, 0.2) is 48.5 Å². The molecule has 1 aliphatic rings. The number of carbonyl (C=O) groups is 3. The first-order chi connectivity index (χ1) is 11.5. The van der Waals surface area contributed by atoms with E-state index < -0.39 is 11.8 Å². The SMILES string of the molecule is CCN(C(=O)CN1C(=O)c2cccc(Cl)c2C1=O)c1ccccc1. The van der Waals surface area contributed by atoms with Gasteiger partial charge in [-0.05, 0) is 31.2 Å². The van der Waals surface area contributed by atoms with Gasteiger partial charge in [0.15, 0.2) is 0 Å². The topological polar surface area (TPSA) is 57.7 Å². The van der Waals surface area contributed by atoms with E-state index in [9.17, 15) is 14.4 Å². The van der Waals surface area contributed by atoms with Crippen molar-refractivity contribution in [3.8, 4) is 0 Å². The van der Waals surface area contributed by atoms with Crippen LogP contribution in [0, 0.1) is 0 Å². The molecule has 0 spiro atoms. The Labute approximate surface area is 144 Å². The van der Waals surface area contributed by atoms with Crippen LogP contribution >= 0.6 is 11.6 Å². The fraction of sp³-hybridized carbons (Fsp3) is 0.167. The molecule has 24 heavy (non-hydrogen) atoms. The molecule has 0 saturated heterocycles. The fourth-order valence-electron chi connectivity index (χ4n) is 2.77. The van der Waals surface area contributed by atoms with Crippen molar-refractivity contribution in [1.82, 2.24) is 4.90 Å². The Balaban J connectivity index is 1.84. The number of carbonyl (C=O) groups excluding carboxylic acids is 3. The molecule has 3 rings (SSSR count). The number of fused-ring (bicyclic) bond motifs is 1. The maximum Gasteiger partial charge on any atom is 0.263 e.